The van der Waals surface area contributed by atoms with Gasteiger partial charge in [0.2, 0.25) is 5.90 Å². The first-order valence-electron chi connectivity index (χ1n) is 7.65. The van der Waals surface area contributed by atoms with Crippen LogP contribution in [0, 0.1) is 20.6 Å². The lowest BCUT2D eigenvalue weighted by atomic mass is 10.1. The second-order valence-corrected chi connectivity index (χ2v) is 6.66. The van der Waals surface area contributed by atoms with Crippen LogP contribution in [-0.4, -0.2) is 16.8 Å². The molecular weight excluding hydrogens is 447 g/mol. The monoisotopic (exact) mass is 460 g/mol. The van der Waals surface area contributed by atoms with Crippen LogP contribution in [0.2, 0.25) is 0 Å². The van der Waals surface area contributed by atoms with Crippen LogP contribution < -0.4 is 0 Å². The van der Waals surface area contributed by atoms with Gasteiger partial charge in [-0.25, -0.2) is 9.79 Å². The molecule has 0 atom stereocenters. The molecule has 1 heterocycles. The molecule has 0 amide bonds. The number of hydrogen-bond acceptors (Lipinski definition) is 5. The van der Waals surface area contributed by atoms with Crippen molar-refractivity contribution >= 4 is 46.2 Å². The maximum absolute atomic E-state index is 12.0. The fourth-order valence-corrected chi connectivity index (χ4v) is 2.70. The SMILES string of the molecule is Cc1cc(C2=N/C(=C\C=C\c3ccccc3[N+](=O)[O-])C(=O)O2)ccc1I. The number of carbonyl (C=O) groups is 1. The van der Waals surface area contributed by atoms with Gasteiger partial charge in [-0.3, -0.25) is 10.1 Å². The Morgan fingerprint density at radius 1 is 1.23 bits per heavy atom. The van der Waals surface area contributed by atoms with E-state index in [0.717, 1.165) is 14.7 Å². The minimum atomic E-state index is -0.552. The van der Waals surface area contributed by atoms with E-state index in [1.165, 1.54) is 12.1 Å². The third-order valence-corrected chi connectivity index (χ3v) is 4.90. The molecule has 0 fully saturated rings. The molecule has 2 aromatic rings. The number of cyclic esters (lactones) is 1. The van der Waals surface area contributed by atoms with Crippen LogP contribution in [0.1, 0.15) is 16.7 Å². The molecule has 0 aromatic heterocycles. The Bertz CT molecular complexity index is 993. The molecule has 0 saturated heterocycles. The van der Waals surface area contributed by atoms with Crippen LogP contribution in [0.25, 0.3) is 6.08 Å². The molecule has 2 aromatic carbocycles. The van der Waals surface area contributed by atoms with Crippen molar-refractivity contribution in [2.45, 2.75) is 6.92 Å². The number of aliphatic imine (C=N–C) groups is 1. The molecule has 26 heavy (non-hydrogen) atoms. The summed E-state index contributed by atoms with van der Waals surface area (Å²) in [5.74, 6) is -0.303. The molecule has 130 valence electrons. The third kappa shape index (κ3) is 3.88. The van der Waals surface area contributed by atoms with Gasteiger partial charge in [0.25, 0.3) is 5.69 Å². The molecule has 0 unspecified atom stereocenters. The summed E-state index contributed by atoms with van der Waals surface area (Å²) >= 11 is 2.23. The first kappa shape index (κ1) is 18.0. The van der Waals surface area contributed by atoms with Crippen molar-refractivity contribution < 1.29 is 14.5 Å². The van der Waals surface area contributed by atoms with E-state index in [1.807, 2.05) is 25.1 Å². The van der Waals surface area contributed by atoms with E-state index in [9.17, 15) is 14.9 Å². The summed E-state index contributed by atoms with van der Waals surface area (Å²) in [5.41, 5.74) is 2.37. The Morgan fingerprint density at radius 3 is 2.73 bits per heavy atom. The van der Waals surface area contributed by atoms with Gasteiger partial charge in [-0.05, 0) is 71.5 Å². The number of benzene rings is 2. The molecule has 6 nitrogen and oxygen atoms in total. The maximum atomic E-state index is 12.0. The summed E-state index contributed by atoms with van der Waals surface area (Å²) in [6.45, 7) is 1.97. The van der Waals surface area contributed by atoms with Crippen molar-refractivity contribution in [1.82, 2.24) is 0 Å². The summed E-state index contributed by atoms with van der Waals surface area (Å²) in [6.07, 6.45) is 4.58. The van der Waals surface area contributed by atoms with Crippen LogP contribution in [-0.2, 0) is 9.53 Å². The van der Waals surface area contributed by atoms with Crippen molar-refractivity contribution in [2.75, 3.05) is 0 Å². The molecule has 3 rings (SSSR count). The number of nitrogens with zero attached hydrogens (tertiary/aromatic N) is 2. The number of rotatable bonds is 4. The van der Waals surface area contributed by atoms with Crippen molar-refractivity contribution in [3.05, 3.63) is 90.7 Å². The van der Waals surface area contributed by atoms with Crippen molar-refractivity contribution in [3.63, 3.8) is 0 Å². The zero-order chi connectivity index (χ0) is 18.7. The van der Waals surface area contributed by atoms with Gasteiger partial charge in [0.1, 0.15) is 0 Å². The highest BCUT2D eigenvalue weighted by Crippen LogP contribution is 2.21. The Morgan fingerprint density at radius 2 is 2.00 bits per heavy atom. The van der Waals surface area contributed by atoms with Crippen LogP contribution in [0.15, 0.2) is 65.3 Å². The van der Waals surface area contributed by atoms with Crippen LogP contribution >= 0.6 is 22.6 Å². The van der Waals surface area contributed by atoms with Gasteiger partial charge >= 0.3 is 5.97 Å². The topological polar surface area (TPSA) is 81.8 Å². The summed E-state index contributed by atoms with van der Waals surface area (Å²) in [6, 6.07) is 12.0. The molecule has 0 bridgehead atoms. The largest absolute Gasteiger partial charge is 0.402 e. The van der Waals surface area contributed by atoms with Crippen LogP contribution in [0.5, 0.6) is 0 Å². The number of halogens is 1. The second kappa shape index (κ2) is 7.61. The number of carbonyl (C=O) groups excluding carboxylic acids is 1. The average Bonchev–Trinajstić information content (AvgIpc) is 2.98. The van der Waals surface area contributed by atoms with Gasteiger partial charge in [0, 0.05) is 15.2 Å². The third-order valence-electron chi connectivity index (χ3n) is 3.69. The first-order chi connectivity index (χ1) is 12.5. The van der Waals surface area contributed by atoms with Gasteiger partial charge in [0.05, 0.1) is 10.5 Å². The minimum absolute atomic E-state index is 0.00491. The predicted octanol–water partition coefficient (Wildman–Crippen LogP) is 4.41. The van der Waals surface area contributed by atoms with E-state index >= 15 is 0 Å². The number of para-hydroxylation sites is 1. The number of ether oxygens (including phenoxy) is 1. The number of nitro groups is 1. The average molecular weight is 460 g/mol. The molecule has 7 heteroatoms. The van der Waals surface area contributed by atoms with E-state index in [1.54, 1.807) is 30.4 Å². The van der Waals surface area contributed by atoms with Crippen molar-refractivity contribution in [3.8, 4) is 0 Å². The van der Waals surface area contributed by atoms with E-state index in [-0.39, 0.29) is 17.3 Å². The fourth-order valence-electron chi connectivity index (χ4n) is 2.36. The van der Waals surface area contributed by atoms with Gasteiger partial charge < -0.3 is 4.74 Å². The van der Waals surface area contributed by atoms with E-state index < -0.39 is 10.9 Å². The van der Waals surface area contributed by atoms with Crippen LogP contribution in [0.4, 0.5) is 5.69 Å². The highest BCUT2D eigenvalue weighted by atomic mass is 127. The van der Waals surface area contributed by atoms with Gasteiger partial charge in [-0.15, -0.1) is 0 Å². The fraction of sp³-hybridized carbons (Fsp3) is 0.0526. The predicted molar refractivity (Wildman–Crippen MR) is 107 cm³/mol. The zero-order valence-corrected chi connectivity index (χ0v) is 15.8. The molecule has 0 aliphatic carbocycles. The molecule has 0 radical (unpaired) electrons. The summed E-state index contributed by atoms with van der Waals surface area (Å²) in [4.78, 5) is 26.7. The smallest absolute Gasteiger partial charge is 0.363 e. The molecule has 1 aliphatic rings. The number of allylic oxidation sites excluding steroid dienone is 2. The van der Waals surface area contributed by atoms with E-state index in [0.29, 0.717) is 5.56 Å². The highest BCUT2D eigenvalue weighted by molar-refractivity contribution is 14.1. The Balaban J connectivity index is 1.85. The second-order valence-electron chi connectivity index (χ2n) is 5.50. The van der Waals surface area contributed by atoms with Crippen molar-refractivity contribution in [2.24, 2.45) is 4.99 Å². The van der Waals surface area contributed by atoms with Crippen molar-refractivity contribution in [1.29, 1.82) is 0 Å². The maximum Gasteiger partial charge on any atom is 0.363 e. The van der Waals surface area contributed by atoms with Gasteiger partial charge in [-0.2, -0.15) is 0 Å². The molecular formula is C19H13IN2O4. The lowest BCUT2D eigenvalue weighted by Crippen LogP contribution is -2.05. The Hall–Kier alpha value is -2.81. The quantitative estimate of drug-likeness (QED) is 0.223. The highest BCUT2D eigenvalue weighted by Gasteiger charge is 2.23. The molecule has 0 saturated carbocycles. The standard InChI is InChI=1S/C19H13IN2O4/c1-12-11-14(9-10-15(12)20)18-21-16(19(23)26-18)7-4-6-13-5-2-3-8-17(13)22(24)25/h2-11H,1H3/b6-4+,16-7-. The summed E-state index contributed by atoms with van der Waals surface area (Å²) < 4.78 is 6.33. The molecule has 1 aliphatic heterocycles. The summed E-state index contributed by atoms with van der Waals surface area (Å²) in [5, 5.41) is 11.0. The molecule has 0 spiro atoms. The summed E-state index contributed by atoms with van der Waals surface area (Å²) in [7, 11) is 0. The lowest BCUT2D eigenvalue weighted by molar-refractivity contribution is -0.385. The van der Waals surface area contributed by atoms with Crippen LogP contribution in [0.3, 0.4) is 0 Å². The Kier molecular flexibility index (Phi) is 5.27. The van der Waals surface area contributed by atoms with E-state index in [4.69, 9.17) is 4.74 Å². The Labute approximate surface area is 163 Å². The molecule has 0 N–H and O–H groups in total. The number of esters is 1. The normalized spacial score (nSPS) is 15.4. The first-order valence-corrected chi connectivity index (χ1v) is 8.73. The zero-order valence-electron chi connectivity index (χ0n) is 13.7. The van der Waals surface area contributed by atoms with Gasteiger partial charge in [0.15, 0.2) is 5.70 Å². The lowest BCUT2D eigenvalue weighted by Gasteiger charge is -2.02. The number of aryl methyl sites for hydroxylation is 1. The number of hydrogen-bond donors (Lipinski definition) is 0. The van der Waals surface area contributed by atoms with E-state index in [2.05, 4.69) is 27.6 Å². The number of nitro benzene ring substituents is 1. The minimum Gasteiger partial charge on any atom is -0.402 e. The van der Waals surface area contributed by atoms with Gasteiger partial charge in [-0.1, -0.05) is 18.2 Å².